The van der Waals surface area contributed by atoms with Crippen LogP contribution in [0.3, 0.4) is 0 Å². The lowest BCUT2D eigenvalue weighted by molar-refractivity contribution is -0.132. The number of methoxy groups -OCH3 is 1. The van der Waals surface area contributed by atoms with Crippen LogP contribution in [-0.2, 0) is 16.1 Å². The van der Waals surface area contributed by atoms with Gasteiger partial charge >= 0.3 is 0 Å². The predicted octanol–water partition coefficient (Wildman–Crippen LogP) is 2.74. The van der Waals surface area contributed by atoms with Gasteiger partial charge < -0.3 is 19.7 Å². The van der Waals surface area contributed by atoms with Gasteiger partial charge in [-0.25, -0.2) is 13.8 Å². The summed E-state index contributed by atoms with van der Waals surface area (Å²) in [5.74, 6) is -2.27. The fourth-order valence-corrected chi connectivity index (χ4v) is 4.19. The molecular weight excluding hydrogens is 485 g/mol. The molecule has 0 spiro atoms. The summed E-state index contributed by atoms with van der Waals surface area (Å²) in [4.78, 5) is 20.2. The van der Waals surface area contributed by atoms with E-state index in [1.165, 1.54) is 24.4 Å². The summed E-state index contributed by atoms with van der Waals surface area (Å²) in [5.41, 5.74) is 0.985. The first-order chi connectivity index (χ1) is 16.4. The molecular formula is C24H30ClF3N4O3. The second kappa shape index (κ2) is 12.5. The monoisotopic (exact) mass is 514 g/mol. The number of hydrogen-bond donors (Lipinski definition) is 1. The highest BCUT2D eigenvalue weighted by atomic mass is 35.5. The van der Waals surface area contributed by atoms with Gasteiger partial charge in [0.2, 0.25) is 11.9 Å². The number of carbonyl (C=O) groups excluding carboxylic acids is 1. The van der Waals surface area contributed by atoms with E-state index in [0.29, 0.717) is 37.2 Å². The molecule has 2 fully saturated rings. The van der Waals surface area contributed by atoms with Crippen molar-refractivity contribution in [2.24, 2.45) is 0 Å². The number of ether oxygens (including phenoxy) is 2. The Balaban J connectivity index is 0.00000342. The fourth-order valence-electron chi connectivity index (χ4n) is 4.19. The third-order valence-corrected chi connectivity index (χ3v) is 6.25. The molecule has 1 N–H and O–H groups in total. The van der Waals surface area contributed by atoms with E-state index in [1.807, 2.05) is 4.90 Å². The standard InChI is InChI=1S/C24H29F3N4O3.ClH/c1-33-9-8-30-4-6-31(7-5-30)23(32)14-28-21-12-18(21)19-10-17(25)11-20(26)24(19)34-15-16-2-3-22(27)29-13-16;/h2-3,10-11,13,18,21,28H,4-9,12,14-15H2,1H3;1H/t18-,21+;/m0./s1. The number of hydrogen-bond acceptors (Lipinski definition) is 6. The lowest BCUT2D eigenvalue weighted by Gasteiger charge is -2.34. The van der Waals surface area contributed by atoms with Crippen LogP contribution in [0.25, 0.3) is 0 Å². The molecule has 1 aromatic heterocycles. The number of aromatic nitrogens is 1. The van der Waals surface area contributed by atoms with Gasteiger partial charge in [0, 0.05) is 75.2 Å². The SMILES string of the molecule is COCCN1CCN(C(=O)CN[C@@H]2C[C@H]2c2cc(F)cc(F)c2OCc2ccc(F)nc2)CC1.Cl. The number of rotatable bonds is 10. The smallest absolute Gasteiger partial charge is 0.236 e. The molecule has 0 bridgehead atoms. The van der Waals surface area contributed by atoms with Crippen molar-refractivity contribution in [2.75, 3.05) is 53.0 Å². The van der Waals surface area contributed by atoms with Gasteiger partial charge in [-0.2, -0.15) is 4.39 Å². The summed E-state index contributed by atoms with van der Waals surface area (Å²) in [6.45, 7) is 4.64. The highest BCUT2D eigenvalue weighted by Crippen LogP contribution is 2.46. The van der Waals surface area contributed by atoms with E-state index >= 15 is 0 Å². The van der Waals surface area contributed by atoms with Crippen molar-refractivity contribution in [1.29, 1.82) is 0 Å². The largest absolute Gasteiger partial charge is 0.485 e. The Kier molecular flexibility index (Phi) is 9.73. The number of piperazine rings is 1. The maximum absolute atomic E-state index is 14.5. The molecule has 0 unspecified atom stereocenters. The van der Waals surface area contributed by atoms with E-state index in [1.54, 1.807) is 7.11 Å². The van der Waals surface area contributed by atoms with Gasteiger partial charge in [0.05, 0.1) is 13.2 Å². The molecule has 11 heteroatoms. The van der Waals surface area contributed by atoms with Crippen LogP contribution in [0, 0.1) is 17.6 Å². The molecule has 192 valence electrons. The Bertz CT molecular complexity index is 991. The molecule has 1 aliphatic carbocycles. The average molecular weight is 515 g/mol. The summed E-state index contributed by atoms with van der Waals surface area (Å²) in [5, 5.41) is 3.22. The maximum Gasteiger partial charge on any atom is 0.236 e. The van der Waals surface area contributed by atoms with Crippen LogP contribution >= 0.6 is 12.4 Å². The number of nitrogens with one attached hydrogen (secondary N) is 1. The van der Waals surface area contributed by atoms with E-state index in [9.17, 15) is 18.0 Å². The van der Waals surface area contributed by atoms with Gasteiger partial charge in [-0.1, -0.05) is 0 Å². The number of amides is 1. The first-order valence-electron chi connectivity index (χ1n) is 11.4. The molecule has 1 saturated heterocycles. The molecule has 1 aliphatic heterocycles. The van der Waals surface area contributed by atoms with Crippen molar-refractivity contribution < 1.29 is 27.4 Å². The van der Waals surface area contributed by atoms with Crippen LogP contribution in [0.2, 0.25) is 0 Å². The summed E-state index contributed by atoms with van der Waals surface area (Å²) in [6, 6.07) is 4.67. The Morgan fingerprint density at radius 1 is 1.17 bits per heavy atom. The van der Waals surface area contributed by atoms with E-state index in [2.05, 4.69) is 15.2 Å². The lowest BCUT2D eigenvalue weighted by Crippen LogP contribution is -2.51. The minimum absolute atomic E-state index is 0. The molecule has 2 aliphatic rings. The first kappa shape index (κ1) is 27.2. The van der Waals surface area contributed by atoms with E-state index in [0.717, 1.165) is 25.7 Å². The van der Waals surface area contributed by atoms with Crippen molar-refractivity contribution in [2.45, 2.75) is 25.0 Å². The number of pyridine rings is 1. The fraction of sp³-hybridized carbons (Fsp3) is 0.500. The number of nitrogens with zero attached hydrogens (tertiary/aromatic N) is 3. The predicted molar refractivity (Wildman–Crippen MR) is 126 cm³/mol. The van der Waals surface area contributed by atoms with Crippen molar-refractivity contribution in [3.8, 4) is 5.75 Å². The molecule has 1 aromatic carbocycles. The number of halogens is 4. The van der Waals surface area contributed by atoms with Crippen LogP contribution in [0.4, 0.5) is 13.2 Å². The molecule has 35 heavy (non-hydrogen) atoms. The van der Waals surface area contributed by atoms with Gasteiger partial charge in [0.15, 0.2) is 11.6 Å². The second-order valence-corrected chi connectivity index (χ2v) is 8.63. The Morgan fingerprint density at radius 2 is 1.94 bits per heavy atom. The van der Waals surface area contributed by atoms with E-state index in [-0.39, 0.29) is 49.2 Å². The molecule has 4 rings (SSSR count). The van der Waals surface area contributed by atoms with Gasteiger partial charge in [0.25, 0.3) is 0 Å². The molecule has 2 atom stereocenters. The second-order valence-electron chi connectivity index (χ2n) is 8.63. The average Bonchev–Trinajstić information content (AvgIpc) is 3.61. The normalized spacial score (nSPS) is 19.8. The zero-order valence-electron chi connectivity index (χ0n) is 19.5. The molecule has 1 saturated carbocycles. The quantitative estimate of drug-likeness (QED) is 0.492. The lowest BCUT2D eigenvalue weighted by atomic mass is 10.1. The van der Waals surface area contributed by atoms with Crippen LogP contribution in [0.15, 0.2) is 30.5 Å². The third kappa shape index (κ3) is 7.30. The number of benzene rings is 1. The molecule has 2 heterocycles. The Labute approximate surface area is 209 Å². The highest BCUT2D eigenvalue weighted by Gasteiger charge is 2.41. The maximum atomic E-state index is 14.5. The van der Waals surface area contributed by atoms with Crippen LogP contribution < -0.4 is 10.1 Å². The first-order valence-corrected chi connectivity index (χ1v) is 11.4. The summed E-state index contributed by atoms with van der Waals surface area (Å²) in [6.07, 6.45) is 1.95. The van der Waals surface area contributed by atoms with Crippen LogP contribution in [-0.4, -0.2) is 79.7 Å². The van der Waals surface area contributed by atoms with Crippen molar-refractivity contribution in [3.05, 3.63) is 59.2 Å². The zero-order chi connectivity index (χ0) is 24.1. The third-order valence-electron chi connectivity index (χ3n) is 6.25. The van der Waals surface area contributed by atoms with E-state index in [4.69, 9.17) is 9.47 Å². The van der Waals surface area contributed by atoms with Gasteiger partial charge in [0.1, 0.15) is 12.4 Å². The van der Waals surface area contributed by atoms with Crippen molar-refractivity contribution in [3.63, 3.8) is 0 Å². The topological polar surface area (TPSA) is 66.9 Å². The molecule has 2 aromatic rings. The molecule has 0 radical (unpaired) electrons. The summed E-state index contributed by atoms with van der Waals surface area (Å²) < 4.78 is 52.2. The van der Waals surface area contributed by atoms with Crippen LogP contribution in [0.1, 0.15) is 23.5 Å². The minimum Gasteiger partial charge on any atom is -0.485 e. The highest BCUT2D eigenvalue weighted by molar-refractivity contribution is 5.85. The molecule has 1 amide bonds. The minimum atomic E-state index is -0.793. The molecule has 7 nitrogen and oxygen atoms in total. The number of carbonyl (C=O) groups is 1. The van der Waals surface area contributed by atoms with Gasteiger partial charge in [-0.3, -0.25) is 9.69 Å². The summed E-state index contributed by atoms with van der Waals surface area (Å²) >= 11 is 0. The summed E-state index contributed by atoms with van der Waals surface area (Å²) in [7, 11) is 1.67. The van der Waals surface area contributed by atoms with E-state index < -0.39 is 17.6 Å². The Hall–Kier alpha value is -2.40. The van der Waals surface area contributed by atoms with Crippen LogP contribution in [0.5, 0.6) is 5.75 Å². The van der Waals surface area contributed by atoms with Gasteiger partial charge in [-0.05, 0) is 24.6 Å². The van der Waals surface area contributed by atoms with Crippen molar-refractivity contribution in [1.82, 2.24) is 20.1 Å². The van der Waals surface area contributed by atoms with Gasteiger partial charge in [-0.15, -0.1) is 12.4 Å². The zero-order valence-corrected chi connectivity index (χ0v) is 20.3. The Morgan fingerprint density at radius 3 is 2.63 bits per heavy atom. The van der Waals surface area contributed by atoms with Crippen molar-refractivity contribution >= 4 is 18.3 Å².